The van der Waals surface area contributed by atoms with Gasteiger partial charge < -0.3 is 19.9 Å². The van der Waals surface area contributed by atoms with Crippen LogP contribution >= 0.6 is 0 Å². The van der Waals surface area contributed by atoms with Gasteiger partial charge in [-0.3, -0.25) is 0 Å². The molecule has 33 heavy (non-hydrogen) atoms. The summed E-state index contributed by atoms with van der Waals surface area (Å²) in [6.07, 6.45) is 0. The van der Waals surface area contributed by atoms with Crippen LogP contribution in [0.5, 0.6) is 17.2 Å². The number of phenolic OH excluding ortho intramolecular Hbond substituents is 3. The summed E-state index contributed by atoms with van der Waals surface area (Å²) in [5, 5.41) is 28.5. The Balaban J connectivity index is 0.000000235. The van der Waals surface area contributed by atoms with Crippen LogP contribution in [0, 0.1) is 6.92 Å². The van der Waals surface area contributed by atoms with Crippen molar-refractivity contribution in [3.05, 3.63) is 103 Å². The second-order valence-corrected chi connectivity index (χ2v) is 10.5. The van der Waals surface area contributed by atoms with E-state index in [0.29, 0.717) is 0 Å². The third-order valence-corrected chi connectivity index (χ3v) is 7.61. The summed E-state index contributed by atoms with van der Waals surface area (Å²) in [5.74, 6) is 0.677. The van der Waals surface area contributed by atoms with E-state index in [1.807, 2.05) is 43.3 Å². The van der Waals surface area contributed by atoms with Crippen LogP contribution in [0.4, 0.5) is 0 Å². The average molecular weight is 483 g/mol. The molecule has 4 aromatic carbocycles. The Kier molecular flexibility index (Phi) is 7.65. The molecule has 0 bridgehead atoms. The van der Waals surface area contributed by atoms with Gasteiger partial charge in [-0.05, 0) is 91.9 Å². The summed E-state index contributed by atoms with van der Waals surface area (Å²) in [4.78, 5) is 2.97. The van der Waals surface area contributed by atoms with E-state index in [1.54, 1.807) is 48.5 Å². The summed E-state index contributed by atoms with van der Waals surface area (Å²) in [6.45, 7) is 1.82. The van der Waals surface area contributed by atoms with Gasteiger partial charge in [0.2, 0.25) is 0 Å². The second-order valence-electron chi connectivity index (χ2n) is 7.06. The molecule has 0 atom stereocenters. The third kappa shape index (κ3) is 6.76. The van der Waals surface area contributed by atoms with Gasteiger partial charge >= 0.3 is 0 Å². The van der Waals surface area contributed by atoms with Gasteiger partial charge in [-0.25, -0.2) is 8.42 Å². The highest BCUT2D eigenvalue weighted by Gasteiger charge is 2.28. The fourth-order valence-electron chi connectivity index (χ4n) is 2.86. The molecule has 0 saturated heterocycles. The fourth-order valence-corrected chi connectivity index (χ4v) is 5.37. The molecule has 0 aromatic heterocycles. The largest absolute Gasteiger partial charge is 0.744 e. The molecule has 0 spiro atoms. The minimum atomic E-state index is -4.27. The number of aromatic hydroxyl groups is 3. The molecule has 0 aliphatic heterocycles. The highest BCUT2D eigenvalue weighted by molar-refractivity contribution is 7.97. The number of hydrogen-bond donors (Lipinski definition) is 3. The van der Waals surface area contributed by atoms with Crippen molar-refractivity contribution in [3.63, 3.8) is 0 Å². The van der Waals surface area contributed by atoms with Crippen LogP contribution in [0.15, 0.2) is 117 Å². The molecule has 0 aliphatic carbocycles. The van der Waals surface area contributed by atoms with Gasteiger partial charge in [0, 0.05) is 0 Å². The first kappa shape index (κ1) is 24.2. The zero-order valence-electron chi connectivity index (χ0n) is 17.6. The van der Waals surface area contributed by atoms with E-state index in [4.69, 9.17) is 0 Å². The zero-order valence-corrected chi connectivity index (χ0v) is 19.3. The van der Waals surface area contributed by atoms with E-state index < -0.39 is 10.1 Å². The summed E-state index contributed by atoms with van der Waals surface area (Å²) >= 11 is 0. The van der Waals surface area contributed by atoms with Crippen LogP contribution in [0.3, 0.4) is 0 Å². The van der Waals surface area contributed by atoms with Gasteiger partial charge in [-0.2, -0.15) is 0 Å². The predicted octanol–water partition coefficient (Wildman–Crippen LogP) is 4.80. The van der Waals surface area contributed by atoms with E-state index >= 15 is 0 Å². The third-order valence-electron chi connectivity index (χ3n) is 4.53. The molecule has 8 heteroatoms. The molecule has 170 valence electrons. The Morgan fingerprint density at radius 1 is 0.576 bits per heavy atom. The Bertz CT molecular complexity index is 1180. The SMILES string of the molecule is Cc1ccc(S(=O)(=O)[O-])cc1.Oc1ccc([S+](c2ccc(O)cc2)c2ccc(O)cc2)cc1. The highest BCUT2D eigenvalue weighted by atomic mass is 32.2. The van der Waals surface area contributed by atoms with E-state index in [0.717, 1.165) is 20.2 Å². The van der Waals surface area contributed by atoms with Crippen molar-refractivity contribution in [2.45, 2.75) is 26.5 Å². The maximum absolute atomic E-state index is 10.4. The van der Waals surface area contributed by atoms with Gasteiger partial charge in [-0.15, -0.1) is 0 Å². The Morgan fingerprint density at radius 2 is 0.879 bits per heavy atom. The first-order valence-corrected chi connectivity index (χ1v) is 12.4. The highest BCUT2D eigenvalue weighted by Crippen LogP contribution is 2.33. The van der Waals surface area contributed by atoms with Crippen molar-refractivity contribution in [3.8, 4) is 17.2 Å². The van der Waals surface area contributed by atoms with Crippen molar-refractivity contribution in [2.75, 3.05) is 0 Å². The number of hydrogen-bond acceptors (Lipinski definition) is 6. The van der Waals surface area contributed by atoms with Crippen LogP contribution in [0.1, 0.15) is 5.56 Å². The minimum absolute atomic E-state index is 0.178. The van der Waals surface area contributed by atoms with E-state index in [9.17, 15) is 28.3 Å². The monoisotopic (exact) mass is 482 g/mol. The fraction of sp³-hybridized carbons (Fsp3) is 0.0400. The van der Waals surface area contributed by atoms with Gasteiger partial charge in [0.15, 0.2) is 14.7 Å². The maximum atomic E-state index is 10.4. The molecule has 4 aromatic rings. The quantitative estimate of drug-likeness (QED) is 0.284. The summed E-state index contributed by atoms with van der Waals surface area (Å²) in [6, 6.07) is 27.1. The van der Waals surface area contributed by atoms with Crippen molar-refractivity contribution < 1.29 is 28.3 Å². The van der Waals surface area contributed by atoms with Crippen LogP contribution in [0.2, 0.25) is 0 Å². The molecule has 0 unspecified atom stereocenters. The van der Waals surface area contributed by atoms with E-state index in [1.165, 1.54) is 12.1 Å². The van der Waals surface area contributed by atoms with Crippen molar-refractivity contribution in [1.29, 1.82) is 0 Å². The van der Waals surface area contributed by atoms with Crippen molar-refractivity contribution in [2.24, 2.45) is 0 Å². The van der Waals surface area contributed by atoms with Crippen LogP contribution in [0.25, 0.3) is 0 Å². The first-order chi connectivity index (χ1) is 15.6. The molecule has 0 amide bonds. The number of rotatable bonds is 4. The molecule has 0 aliphatic rings. The van der Waals surface area contributed by atoms with Crippen LogP contribution < -0.4 is 0 Å². The summed E-state index contributed by atoms with van der Waals surface area (Å²) in [7, 11) is -4.64. The summed E-state index contributed by atoms with van der Waals surface area (Å²) in [5.41, 5.74) is 0.928. The van der Waals surface area contributed by atoms with Gasteiger partial charge in [0.25, 0.3) is 0 Å². The number of phenols is 3. The zero-order chi connectivity index (χ0) is 24.0. The van der Waals surface area contributed by atoms with E-state index in [2.05, 4.69) is 0 Å². The molecule has 0 saturated carbocycles. The molecule has 0 heterocycles. The lowest BCUT2D eigenvalue weighted by Gasteiger charge is -2.08. The Hall–Kier alpha value is -3.46. The second kappa shape index (κ2) is 10.4. The molecular weight excluding hydrogens is 460 g/mol. The lowest BCUT2D eigenvalue weighted by Crippen LogP contribution is -2.04. The normalized spacial score (nSPS) is 11.0. The van der Waals surface area contributed by atoms with E-state index in [-0.39, 0.29) is 33.0 Å². The summed E-state index contributed by atoms with van der Waals surface area (Å²) < 4.78 is 31.2. The minimum Gasteiger partial charge on any atom is -0.744 e. The lowest BCUT2D eigenvalue weighted by molar-refractivity contribution is 0.462. The van der Waals surface area contributed by atoms with Crippen LogP contribution in [-0.2, 0) is 21.0 Å². The standard InChI is InChI=1S/C18H14O3S.C7H8O3S/c19-13-1-7-16(8-2-13)22(17-9-3-14(20)4-10-17)18-11-5-15(21)6-12-18;1-6-2-4-7(5-3-6)11(8,9)10/h1-12H,(H2-,19,20,21);2-5H,1H3,(H,8,9,10). The molecule has 4 rings (SSSR count). The molecule has 0 fully saturated rings. The van der Waals surface area contributed by atoms with Crippen molar-refractivity contribution >= 4 is 21.0 Å². The molecule has 6 nitrogen and oxygen atoms in total. The molecule has 3 N–H and O–H groups in total. The molecular formula is C25H22O6S2. The average Bonchev–Trinajstić information content (AvgIpc) is 2.78. The lowest BCUT2D eigenvalue weighted by atomic mass is 10.2. The predicted molar refractivity (Wildman–Crippen MR) is 126 cm³/mol. The van der Waals surface area contributed by atoms with Crippen molar-refractivity contribution in [1.82, 2.24) is 0 Å². The maximum Gasteiger partial charge on any atom is 0.166 e. The smallest absolute Gasteiger partial charge is 0.166 e. The Morgan fingerprint density at radius 3 is 1.15 bits per heavy atom. The van der Waals surface area contributed by atoms with Gasteiger partial charge in [0.1, 0.15) is 27.4 Å². The number of aryl methyl sites for hydroxylation is 1. The van der Waals surface area contributed by atoms with Gasteiger partial charge in [0.05, 0.1) is 15.8 Å². The van der Waals surface area contributed by atoms with Gasteiger partial charge in [-0.1, -0.05) is 17.7 Å². The topological polar surface area (TPSA) is 118 Å². The molecule has 0 radical (unpaired) electrons. The first-order valence-electron chi connectivity index (χ1n) is 9.77. The number of benzene rings is 4. The Labute approximate surface area is 195 Å². The van der Waals surface area contributed by atoms with Crippen LogP contribution in [-0.4, -0.2) is 28.3 Å².